The zero-order chi connectivity index (χ0) is 14.6. The van der Waals surface area contributed by atoms with E-state index in [9.17, 15) is 4.39 Å². The number of guanidine groups is 1. The minimum atomic E-state index is -0.192. The van der Waals surface area contributed by atoms with Crippen molar-refractivity contribution in [3.63, 3.8) is 0 Å². The van der Waals surface area contributed by atoms with E-state index < -0.39 is 0 Å². The molecule has 1 aromatic carbocycles. The molecule has 0 aliphatic rings. The lowest BCUT2D eigenvalue weighted by Crippen LogP contribution is -2.38. The molecule has 1 aromatic rings. The van der Waals surface area contributed by atoms with Gasteiger partial charge in [0.1, 0.15) is 5.82 Å². The van der Waals surface area contributed by atoms with Crippen molar-refractivity contribution in [1.29, 1.82) is 0 Å². The van der Waals surface area contributed by atoms with Crippen LogP contribution in [0.15, 0.2) is 29.3 Å². The molecule has 20 heavy (non-hydrogen) atoms. The average molecular weight is 281 g/mol. The summed E-state index contributed by atoms with van der Waals surface area (Å²) in [5.41, 5.74) is 0.979. The van der Waals surface area contributed by atoms with E-state index in [0.717, 1.165) is 44.0 Å². The molecule has 0 amide bonds. The Hall–Kier alpha value is -1.62. The molecule has 0 saturated heterocycles. The Morgan fingerprint density at radius 3 is 2.90 bits per heavy atom. The lowest BCUT2D eigenvalue weighted by Gasteiger charge is -2.11. The second kappa shape index (κ2) is 10.2. The normalized spacial score (nSPS) is 11.4. The molecule has 0 unspecified atom stereocenters. The van der Waals surface area contributed by atoms with Gasteiger partial charge in [-0.1, -0.05) is 12.1 Å². The van der Waals surface area contributed by atoms with Crippen molar-refractivity contribution >= 4 is 5.96 Å². The van der Waals surface area contributed by atoms with E-state index in [4.69, 9.17) is 4.74 Å². The summed E-state index contributed by atoms with van der Waals surface area (Å²) in [6.07, 6.45) is 1.66. The van der Waals surface area contributed by atoms with E-state index in [2.05, 4.69) is 15.6 Å². The molecule has 0 heterocycles. The number of hydrogen-bond donors (Lipinski definition) is 2. The van der Waals surface area contributed by atoms with Crippen molar-refractivity contribution in [2.45, 2.75) is 19.8 Å². The van der Waals surface area contributed by atoms with Gasteiger partial charge in [-0.15, -0.1) is 0 Å². The van der Waals surface area contributed by atoms with Gasteiger partial charge in [-0.05, 0) is 37.5 Å². The van der Waals surface area contributed by atoms with Crippen molar-refractivity contribution in [2.24, 2.45) is 4.99 Å². The molecule has 4 nitrogen and oxygen atoms in total. The lowest BCUT2D eigenvalue weighted by molar-refractivity contribution is 0.197. The Morgan fingerprint density at radius 2 is 2.20 bits per heavy atom. The molecule has 0 saturated carbocycles. The molecule has 0 spiro atoms. The van der Waals surface area contributed by atoms with Crippen LogP contribution >= 0.6 is 0 Å². The van der Waals surface area contributed by atoms with Crippen molar-refractivity contribution in [3.8, 4) is 0 Å². The van der Waals surface area contributed by atoms with E-state index in [1.807, 2.05) is 13.0 Å². The van der Waals surface area contributed by atoms with Gasteiger partial charge < -0.3 is 15.4 Å². The third-order valence-electron chi connectivity index (χ3n) is 2.72. The lowest BCUT2D eigenvalue weighted by atomic mass is 10.1. The van der Waals surface area contributed by atoms with Crippen molar-refractivity contribution in [1.82, 2.24) is 10.6 Å². The predicted molar refractivity (Wildman–Crippen MR) is 80.6 cm³/mol. The quantitative estimate of drug-likeness (QED) is 0.435. The van der Waals surface area contributed by atoms with Crippen LogP contribution in [0.3, 0.4) is 0 Å². The fourth-order valence-electron chi connectivity index (χ4n) is 1.76. The van der Waals surface area contributed by atoms with E-state index in [0.29, 0.717) is 6.61 Å². The molecule has 0 atom stereocenters. The van der Waals surface area contributed by atoms with Crippen molar-refractivity contribution in [3.05, 3.63) is 35.6 Å². The van der Waals surface area contributed by atoms with Gasteiger partial charge in [0, 0.05) is 33.4 Å². The molecular weight excluding hydrogens is 257 g/mol. The number of aliphatic imine (C=N–C) groups is 1. The van der Waals surface area contributed by atoms with Crippen LogP contribution in [0, 0.1) is 5.82 Å². The van der Waals surface area contributed by atoms with Crippen LogP contribution < -0.4 is 10.6 Å². The van der Waals surface area contributed by atoms with Gasteiger partial charge in [-0.3, -0.25) is 4.99 Å². The number of hydrogen-bond acceptors (Lipinski definition) is 2. The molecule has 5 heteroatoms. The third kappa shape index (κ3) is 7.09. The molecule has 0 aromatic heterocycles. The van der Waals surface area contributed by atoms with Crippen molar-refractivity contribution in [2.75, 3.05) is 33.4 Å². The van der Waals surface area contributed by atoms with Gasteiger partial charge in [-0.25, -0.2) is 4.39 Å². The van der Waals surface area contributed by atoms with E-state index >= 15 is 0 Å². The van der Waals surface area contributed by atoms with E-state index in [-0.39, 0.29) is 5.82 Å². The number of ether oxygens (including phenoxy) is 1. The van der Waals surface area contributed by atoms with Gasteiger partial charge in [0.15, 0.2) is 5.96 Å². The SMILES string of the molecule is CCNC(=NCCCOC)NCCc1cccc(F)c1. The first-order valence-corrected chi connectivity index (χ1v) is 7.01. The molecular formula is C15H24FN3O. The van der Waals surface area contributed by atoms with Crippen LogP contribution in [-0.2, 0) is 11.2 Å². The molecule has 0 radical (unpaired) electrons. The van der Waals surface area contributed by atoms with Gasteiger partial charge in [0.05, 0.1) is 0 Å². The largest absolute Gasteiger partial charge is 0.385 e. The second-order valence-corrected chi connectivity index (χ2v) is 4.41. The fourth-order valence-corrected chi connectivity index (χ4v) is 1.76. The first-order chi connectivity index (χ1) is 9.76. The highest BCUT2D eigenvalue weighted by Gasteiger charge is 1.98. The monoisotopic (exact) mass is 281 g/mol. The smallest absolute Gasteiger partial charge is 0.191 e. The summed E-state index contributed by atoms with van der Waals surface area (Å²) in [7, 11) is 1.69. The highest BCUT2D eigenvalue weighted by molar-refractivity contribution is 5.79. The number of nitrogens with one attached hydrogen (secondary N) is 2. The Labute approximate surface area is 120 Å². The Bertz CT molecular complexity index is 410. The number of methoxy groups -OCH3 is 1. The van der Waals surface area contributed by atoms with Gasteiger partial charge in [0.2, 0.25) is 0 Å². The van der Waals surface area contributed by atoms with Crippen LogP contribution in [0.25, 0.3) is 0 Å². The maximum Gasteiger partial charge on any atom is 0.191 e. The average Bonchev–Trinajstić information content (AvgIpc) is 2.43. The maximum absolute atomic E-state index is 13.0. The van der Waals surface area contributed by atoms with E-state index in [1.165, 1.54) is 6.07 Å². The standard InChI is InChI=1S/C15H24FN3O/c1-3-17-15(18-9-5-11-20-2)19-10-8-13-6-4-7-14(16)12-13/h4,6-7,12H,3,5,8-11H2,1-2H3,(H2,17,18,19). The van der Waals surface area contributed by atoms with Crippen LogP contribution in [-0.4, -0.2) is 39.3 Å². The first-order valence-electron chi connectivity index (χ1n) is 7.01. The highest BCUT2D eigenvalue weighted by Crippen LogP contribution is 2.03. The summed E-state index contributed by atoms with van der Waals surface area (Å²) in [6.45, 7) is 5.00. The first kappa shape index (κ1) is 16.4. The highest BCUT2D eigenvalue weighted by atomic mass is 19.1. The summed E-state index contributed by atoms with van der Waals surface area (Å²) in [5.74, 6) is 0.600. The molecule has 1 rings (SSSR count). The van der Waals surface area contributed by atoms with Crippen LogP contribution in [0.5, 0.6) is 0 Å². The molecule has 0 bridgehead atoms. The molecule has 0 fully saturated rings. The summed E-state index contributed by atoms with van der Waals surface area (Å²) in [4.78, 5) is 4.44. The summed E-state index contributed by atoms with van der Waals surface area (Å²) in [5, 5.41) is 6.42. The minimum absolute atomic E-state index is 0.192. The third-order valence-corrected chi connectivity index (χ3v) is 2.72. The number of halogens is 1. The summed E-state index contributed by atoms with van der Waals surface area (Å²) < 4.78 is 18.0. The summed E-state index contributed by atoms with van der Waals surface area (Å²) in [6, 6.07) is 6.67. The molecule has 0 aliphatic carbocycles. The number of benzene rings is 1. The molecule has 0 aliphatic heterocycles. The van der Waals surface area contributed by atoms with E-state index in [1.54, 1.807) is 19.2 Å². The van der Waals surface area contributed by atoms with Crippen LogP contribution in [0.2, 0.25) is 0 Å². The van der Waals surface area contributed by atoms with Crippen LogP contribution in [0.1, 0.15) is 18.9 Å². The van der Waals surface area contributed by atoms with Crippen molar-refractivity contribution < 1.29 is 9.13 Å². The molecule has 2 N–H and O–H groups in total. The predicted octanol–water partition coefficient (Wildman–Crippen LogP) is 1.96. The van der Waals surface area contributed by atoms with Gasteiger partial charge >= 0.3 is 0 Å². The Morgan fingerprint density at radius 1 is 1.35 bits per heavy atom. The number of rotatable bonds is 8. The van der Waals surface area contributed by atoms with Gasteiger partial charge in [-0.2, -0.15) is 0 Å². The fraction of sp³-hybridized carbons (Fsp3) is 0.533. The second-order valence-electron chi connectivity index (χ2n) is 4.41. The minimum Gasteiger partial charge on any atom is -0.385 e. The molecule has 112 valence electrons. The number of nitrogens with zero attached hydrogens (tertiary/aromatic N) is 1. The summed E-state index contributed by atoms with van der Waals surface area (Å²) >= 11 is 0. The van der Waals surface area contributed by atoms with Gasteiger partial charge in [0.25, 0.3) is 0 Å². The zero-order valence-corrected chi connectivity index (χ0v) is 12.3. The topological polar surface area (TPSA) is 45.7 Å². The van der Waals surface area contributed by atoms with Crippen LogP contribution in [0.4, 0.5) is 4.39 Å². The Balaban J connectivity index is 2.34. The Kier molecular flexibility index (Phi) is 8.38. The zero-order valence-electron chi connectivity index (χ0n) is 12.3. The maximum atomic E-state index is 13.0.